The van der Waals surface area contributed by atoms with Gasteiger partial charge in [-0.2, -0.15) is 11.8 Å². The second kappa shape index (κ2) is 8.09. The monoisotopic (exact) mass is 330 g/mol. The zero-order valence-electron chi connectivity index (χ0n) is 11.9. The summed E-state index contributed by atoms with van der Waals surface area (Å²) in [6.07, 6.45) is 3.81. The molecular formula is C14H18O5S2. The van der Waals surface area contributed by atoms with Crippen molar-refractivity contribution in [3.8, 4) is 5.75 Å². The molecule has 116 valence electrons. The summed E-state index contributed by atoms with van der Waals surface area (Å²) in [5.41, 5.74) is 1.69. The minimum Gasteiger partial charge on any atom is -0.497 e. The molecule has 0 bridgehead atoms. The fourth-order valence-electron chi connectivity index (χ4n) is 1.55. The number of methoxy groups -OCH3 is 1. The molecule has 1 rings (SSSR count). The van der Waals surface area contributed by atoms with Crippen molar-refractivity contribution in [2.24, 2.45) is 0 Å². The van der Waals surface area contributed by atoms with E-state index in [0.717, 1.165) is 17.2 Å². The average Bonchev–Trinajstić information content (AvgIpc) is 2.40. The number of rotatable bonds is 8. The van der Waals surface area contributed by atoms with Crippen LogP contribution in [0.25, 0.3) is 6.08 Å². The Balaban J connectivity index is 2.79. The minimum atomic E-state index is -2.96. The van der Waals surface area contributed by atoms with Gasteiger partial charge in [-0.25, -0.2) is 13.2 Å². The Bertz CT molecular complexity index is 620. The van der Waals surface area contributed by atoms with Gasteiger partial charge in [0, 0.05) is 23.8 Å². The summed E-state index contributed by atoms with van der Waals surface area (Å²) in [4.78, 5) is 10.6. The van der Waals surface area contributed by atoms with Gasteiger partial charge in [0.2, 0.25) is 0 Å². The molecule has 21 heavy (non-hydrogen) atoms. The molecule has 0 heterocycles. The molecule has 0 saturated heterocycles. The average molecular weight is 330 g/mol. The van der Waals surface area contributed by atoms with Gasteiger partial charge in [-0.1, -0.05) is 6.07 Å². The van der Waals surface area contributed by atoms with E-state index in [2.05, 4.69) is 0 Å². The molecule has 0 spiro atoms. The topological polar surface area (TPSA) is 80.7 Å². The third-order valence-corrected chi connectivity index (χ3v) is 4.82. The summed E-state index contributed by atoms with van der Waals surface area (Å²) in [5, 5.41) is 8.69. The standard InChI is InChI=1S/C14H18O5S2/c1-19-13-5-3-11(4-6-14(15)16)12(9-13)10-20-7-8-21(2,17)18/h3-6,9H,7-8,10H2,1-2H3,(H,15,16). The summed E-state index contributed by atoms with van der Waals surface area (Å²) in [6.45, 7) is 0. The fourth-order valence-corrected chi connectivity index (χ4v) is 3.85. The van der Waals surface area contributed by atoms with E-state index in [0.29, 0.717) is 17.3 Å². The van der Waals surface area contributed by atoms with Crippen LogP contribution in [0, 0.1) is 0 Å². The molecule has 0 fully saturated rings. The molecule has 0 saturated carbocycles. The molecule has 0 aliphatic heterocycles. The lowest BCUT2D eigenvalue weighted by Crippen LogP contribution is -2.05. The first kappa shape index (κ1) is 17.6. The van der Waals surface area contributed by atoms with Crippen LogP contribution in [0.4, 0.5) is 0 Å². The predicted octanol–water partition coefficient (Wildman–Crippen LogP) is 2.07. The molecule has 0 unspecified atom stereocenters. The molecule has 0 aliphatic rings. The van der Waals surface area contributed by atoms with Gasteiger partial charge in [-0.15, -0.1) is 0 Å². The highest BCUT2D eigenvalue weighted by Gasteiger charge is 2.06. The van der Waals surface area contributed by atoms with Gasteiger partial charge < -0.3 is 9.84 Å². The highest BCUT2D eigenvalue weighted by molar-refractivity contribution is 7.99. The first-order valence-corrected chi connectivity index (χ1v) is 9.37. The van der Waals surface area contributed by atoms with E-state index in [4.69, 9.17) is 9.84 Å². The number of aliphatic carboxylic acids is 1. The lowest BCUT2D eigenvalue weighted by Gasteiger charge is -2.08. The normalized spacial score (nSPS) is 11.7. The number of carboxylic acid groups (broad SMARTS) is 1. The summed E-state index contributed by atoms with van der Waals surface area (Å²) in [7, 11) is -1.40. The van der Waals surface area contributed by atoms with E-state index in [1.54, 1.807) is 19.2 Å². The molecular weight excluding hydrogens is 312 g/mol. The number of hydrogen-bond acceptors (Lipinski definition) is 5. The summed E-state index contributed by atoms with van der Waals surface area (Å²) >= 11 is 1.48. The number of thioether (sulfide) groups is 1. The molecule has 0 aromatic heterocycles. The number of sulfone groups is 1. The second-order valence-electron chi connectivity index (χ2n) is 4.42. The second-order valence-corrected chi connectivity index (χ2v) is 7.78. The lowest BCUT2D eigenvalue weighted by molar-refractivity contribution is -0.131. The van der Waals surface area contributed by atoms with Gasteiger partial charge in [0.25, 0.3) is 0 Å². The number of benzene rings is 1. The van der Waals surface area contributed by atoms with Gasteiger partial charge in [0.05, 0.1) is 12.9 Å². The van der Waals surface area contributed by atoms with E-state index in [9.17, 15) is 13.2 Å². The Kier molecular flexibility index (Phi) is 6.77. The van der Waals surface area contributed by atoms with E-state index in [-0.39, 0.29) is 5.75 Å². The van der Waals surface area contributed by atoms with Crippen LogP contribution in [0.1, 0.15) is 11.1 Å². The Morgan fingerprint density at radius 1 is 1.43 bits per heavy atom. The van der Waals surface area contributed by atoms with Crippen LogP contribution in [0.2, 0.25) is 0 Å². The van der Waals surface area contributed by atoms with Crippen LogP contribution in [0.3, 0.4) is 0 Å². The number of ether oxygens (including phenoxy) is 1. The maximum absolute atomic E-state index is 11.1. The first-order valence-electron chi connectivity index (χ1n) is 6.15. The van der Waals surface area contributed by atoms with Crippen LogP contribution in [-0.2, 0) is 20.4 Å². The molecule has 7 heteroatoms. The van der Waals surface area contributed by atoms with Gasteiger partial charge in [0.1, 0.15) is 15.6 Å². The highest BCUT2D eigenvalue weighted by Crippen LogP contribution is 2.23. The van der Waals surface area contributed by atoms with Crippen molar-refractivity contribution in [3.63, 3.8) is 0 Å². The highest BCUT2D eigenvalue weighted by atomic mass is 32.2. The zero-order valence-corrected chi connectivity index (χ0v) is 13.5. The van der Waals surface area contributed by atoms with Crippen molar-refractivity contribution in [1.29, 1.82) is 0 Å². The van der Waals surface area contributed by atoms with Gasteiger partial charge >= 0.3 is 5.97 Å². The Morgan fingerprint density at radius 3 is 2.71 bits per heavy atom. The molecule has 0 amide bonds. The van der Waals surface area contributed by atoms with Crippen LogP contribution in [-0.4, -0.2) is 44.4 Å². The molecule has 5 nitrogen and oxygen atoms in total. The van der Waals surface area contributed by atoms with E-state index >= 15 is 0 Å². The van der Waals surface area contributed by atoms with E-state index < -0.39 is 15.8 Å². The van der Waals surface area contributed by atoms with Crippen molar-refractivity contribution < 1.29 is 23.1 Å². The molecule has 0 radical (unpaired) electrons. The van der Waals surface area contributed by atoms with E-state index in [1.165, 1.54) is 24.1 Å². The van der Waals surface area contributed by atoms with Crippen molar-refractivity contribution in [1.82, 2.24) is 0 Å². The fraction of sp³-hybridized carbons (Fsp3) is 0.357. The quantitative estimate of drug-likeness (QED) is 0.580. The van der Waals surface area contributed by atoms with Crippen molar-refractivity contribution in [3.05, 3.63) is 35.4 Å². The van der Waals surface area contributed by atoms with Crippen molar-refractivity contribution >= 4 is 33.6 Å². The largest absolute Gasteiger partial charge is 0.497 e. The van der Waals surface area contributed by atoms with E-state index in [1.807, 2.05) is 6.07 Å². The Morgan fingerprint density at radius 2 is 2.14 bits per heavy atom. The number of hydrogen-bond donors (Lipinski definition) is 1. The van der Waals surface area contributed by atoms with Crippen LogP contribution >= 0.6 is 11.8 Å². The van der Waals surface area contributed by atoms with Crippen molar-refractivity contribution in [2.45, 2.75) is 5.75 Å². The lowest BCUT2D eigenvalue weighted by atomic mass is 10.1. The van der Waals surface area contributed by atoms with Crippen LogP contribution < -0.4 is 4.74 Å². The molecule has 1 aromatic carbocycles. The van der Waals surface area contributed by atoms with Gasteiger partial charge in [0.15, 0.2) is 0 Å². The number of carbonyl (C=O) groups is 1. The smallest absolute Gasteiger partial charge is 0.328 e. The molecule has 0 aliphatic carbocycles. The summed E-state index contributed by atoms with van der Waals surface area (Å²) in [6, 6.07) is 5.37. The summed E-state index contributed by atoms with van der Waals surface area (Å²) < 4.78 is 27.3. The summed E-state index contributed by atoms with van der Waals surface area (Å²) in [5.74, 6) is 0.884. The van der Waals surface area contributed by atoms with Crippen LogP contribution in [0.15, 0.2) is 24.3 Å². The van der Waals surface area contributed by atoms with Gasteiger partial charge in [-0.05, 0) is 29.3 Å². The van der Waals surface area contributed by atoms with Crippen LogP contribution in [0.5, 0.6) is 5.75 Å². The maximum atomic E-state index is 11.1. The third kappa shape index (κ3) is 7.19. The third-order valence-electron chi connectivity index (χ3n) is 2.61. The Labute approximate surface area is 128 Å². The first-order chi connectivity index (χ1) is 9.81. The molecule has 1 aromatic rings. The predicted molar refractivity (Wildman–Crippen MR) is 85.5 cm³/mol. The Hall–Kier alpha value is -1.47. The minimum absolute atomic E-state index is 0.127. The van der Waals surface area contributed by atoms with Gasteiger partial charge in [-0.3, -0.25) is 0 Å². The SMILES string of the molecule is COc1ccc(C=CC(=O)O)c(CSCCS(C)(=O)=O)c1. The molecule has 0 atom stereocenters. The zero-order chi connectivity index (χ0) is 15.9. The van der Waals surface area contributed by atoms with Crippen molar-refractivity contribution in [2.75, 3.05) is 24.9 Å². The molecule has 1 N–H and O–H groups in total. The maximum Gasteiger partial charge on any atom is 0.328 e. The number of carboxylic acids is 1.